The number of carbonyl (C=O) groups is 1. The molecule has 0 aromatic carbocycles. The minimum atomic E-state index is -0.0282. The molecule has 2 aliphatic heterocycles. The molecule has 2 atom stereocenters. The molecule has 0 radical (unpaired) electrons. The maximum absolute atomic E-state index is 12.5. The summed E-state index contributed by atoms with van der Waals surface area (Å²) in [7, 11) is 0. The lowest BCUT2D eigenvalue weighted by Gasteiger charge is -2.28. The Morgan fingerprint density at radius 2 is 1.92 bits per heavy atom. The SMILES string of the molecule is O=C(NCCCn1cncn1)N(C[C@H]1CCCO1)C[C@H]1CCCO1. The first-order valence-corrected chi connectivity index (χ1v) is 8.89. The van der Waals surface area contributed by atoms with Crippen molar-refractivity contribution in [3.05, 3.63) is 12.7 Å². The van der Waals surface area contributed by atoms with Crippen LogP contribution in [0.2, 0.25) is 0 Å². The highest BCUT2D eigenvalue weighted by Gasteiger charge is 2.26. The third kappa shape index (κ3) is 5.17. The van der Waals surface area contributed by atoms with E-state index in [4.69, 9.17) is 9.47 Å². The molecule has 1 N–H and O–H groups in total. The van der Waals surface area contributed by atoms with Crippen LogP contribution in [0, 0.1) is 0 Å². The van der Waals surface area contributed by atoms with Gasteiger partial charge in [0.05, 0.1) is 12.2 Å². The summed E-state index contributed by atoms with van der Waals surface area (Å²) in [5.74, 6) is 0. The molecule has 2 aliphatic rings. The molecule has 1 aromatic heterocycles. The fraction of sp³-hybridized carbons (Fsp3) is 0.812. The fourth-order valence-corrected chi connectivity index (χ4v) is 3.21. The van der Waals surface area contributed by atoms with Gasteiger partial charge in [-0.15, -0.1) is 0 Å². The molecular weight excluding hydrogens is 310 g/mol. The lowest BCUT2D eigenvalue weighted by molar-refractivity contribution is 0.0499. The largest absolute Gasteiger partial charge is 0.376 e. The average molecular weight is 337 g/mol. The molecule has 134 valence electrons. The second kappa shape index (κ2) is 8.98. The van der Waals surface area contributed by atoms with E-state index in [2.05, 4.69) is 15.4 Å². The Morgan fingerprint density at radius 3 is 2.46 bits per heavy atom. The van der Waals surface area contributed by atoms with Gasteiger partial charge in [-0.25, -0.2) is 9.78 Å². The summed E-state index contributed by atoms with van der Waals surface area (Å²) in [4.78, 5) is 18.3. The molecule has 2 amide bonds. The van der Waals surface area contributed by atoms with Gasteiger partial charge in [0, 0.05) is 39.4 Å². The number of ether oxygens (including phenoxy) is 2. The van der Waals surface area contributed by atoms with Crippen LogP contribution in [0.25, 0.3) is 0 Å². The van der Waals surface area contributed by atoms with E-state index >= 15 is 0 Å². The van der Waals surface area contributed by atoms with Crippen LogP contribution in [0.1, 0.15) is 32.1 Å². The second-order valence-corrected chi connectivity index (χ2v) is 6.42. The number of amides is 2. The van der Waals surface area contributed by atoms with Crippen molar-refractivity contribution in [2.24, 2.45) is 0 Å². The summed E-state index contributed by atoms with van der Waals surface area (Å²) in [6.45, 7) is 4.27. The predicted octanol–water partition coefficient (Wildman–Crippen LogP) is 1.04. The van der Waals surface area contributed by atoms with Crippen molar-refractivity contribution in [1.82, 2.24) is 25.0 Å². The maximum Gasteiger partial charge on any atom is 0.317 e. The molecule has 0 spiro atoms. The quantitative estimate of drug-likeness (QED) is 0.717. The van der Waals surface area contributed by atoms with Crippen molar-refractivity contribution in [3.8, 4) is 0 Å². The van der Waals surface area contributed by atoms with Crippen LogP contribution in [0.15, 0.2) is 12.7 Å². The molecule has 3 heterocycles. The van der Waals surface area contributed by atoms with E-state index in [1.807, 2.05) is 4.90 Å². The first kappa shape index (κ1) is 17.2. The summed E-state index contributed by atoms with van der Waals surface area (Å²) in [6, 6.07) is -0.0282. The van der Waals surface area contributed by atoms with E-state index in [9.17, 15) is 4.79 Å². The number of aromatic nitrogens is 3. The second-order valence-electron chi connectivity index (χ2n) is 6.42. The maximum atomic E-state index is 12.5. The van der Waals surface area contributed by atoms with Gasteiger partial charge >= 0.3 is 6.03 Å². The third-order valence-corrected chi connectivity index (χ3v) is 4.49. The first-order valence-electron chi connectivity index (χ1n) is 8.89. The van der Waals surface area contributed by atoms with Crippen molar-refractivity contribution >= 4 is 6.03 Å². The summed E-state index contributed by atoms with van der Waals surface area (Å²) >= 11 is 0. The number of urea groups is 1. The minimum Gasteiger partial charge on any atom is -0.376 e. The van der Waals surface area contributed by atoms with Crippen LogP contribution in [0.5, 0.6) is 0 Å². The van der Waals surface area contributed by atoms with Crippen LogP contribution >= 0.6 is 0 Å². The Balaban J connectivity index is 1.43. The topological polar surface area (TPSA) is 81.5 Å². The molecule has 0 aliphatic carbocycles. The smallest absolute Gasteiger partial charge is 0.317 e. The van der Waals surface area contributed by atoms with Crippen molar-refractivity contribution in [2.75, 3.05) is 32.8 Å². The summed E-state index contributed by atoms with van der Waals surface area (Å²) in [6.07, 6.45) is 8.56. The number of aryl methyl sites for hydroxylation is 1. The van der Waals surface area contributed by atoms with Crippen molar-refractivity contribution in [1.29, 1.82) is 0 Å². The zero-order valence-corrected chi connectivity index (χ0v) is 14.1. The van der Waals surface area contributed by atoms with E-state index in [1.54, 1.807) is 11.0 Å². The minimum absolute atomic E-state index is 0.0282. The van der Waals surface area contributed by atoms with Gasteiger partial charge in [-0.05, 0) is 32.1 Å². The molecular formula is C16H27N5O3. The van der Waals surface area contributed by atoms with Crippen LogP contribution in [0.3, 0.4) is 0 Å². The van der Waals surface area contributed by atoms with Gasteiger partial charge in [0.1, 0.15) is 12.7 Å². The van der Waals surface area contributed by atoms with Crippen LogP contribution in [-0.2, 0) is 16.0 Å². The van der Waals surface area contributed by atoms with Crippen molar-refractivity contribution in [3.63, 3.8) is 0 Å². The van der Waals surface area contributed by atoms with Gasteiger partial charge in [-0.2, -0.15) is 5.10 Å². The van der Waals surface area contributed by atoms with Gasteiger partial charge < -0.3 is 19.7 Å². The zero-order chi connectivity index (χ0) is 16.6. The number of hydrogen-bond donors (Lipinski definition) is 1. The number of carbonyl (C=O) groups excluding carboxylic acids is 1. The Bertz CT molecular complexity index is 466. The Kier molecular flexibility index (Phi) is 6.42. The molecule has 8 heteroatoms. The van der Waals surface area contributed by atoms with Gasteiger partial charge in [-0.1, -0.05) is 0 Å². The first-order chi connectivity index (χ1) is 11.8. The van der Waals surface area contributed by atoms with Gasteiger partial charge in [0.15, 0.2) is 0 Å². The van der Waals surface area contributed by atoms with E-state index in [0.717, 1.165) is 51.9 Å². The molecule has 24 heavy (non-hydrogen) atoms. The van der Waals surface area contributed by atoms with Crippen LogP contribution in [0.4, 0.5) is 4.79 Å². The molecule has 1 aromatic rings. The Hall–Kier alpha value is -1.67. The molecule has 0 bridgehead atoms. The van der Waals surface area contributed by atoms with Gasteiger partial charge in [-0.3, -0.25) is 4.68 Å². The van der Waals surface area contributed by atoms with E-state index < -0.39 is 0 Å². The summed E-state index contributed by atoms with van der Waals surface area (Å²) in [5.41, 5.74) is 0. The highest BCUT2D eigenvalue weighted by Crippen LogP contribution is 2.17. The lowest BCUT2D eigenvalue weighted by atomic mass is 10.2. The van der Waals surface area contributed by atoms with Crippen LogP contribution < -0.4 is 5.32 Å². The average Bonchev–Trinajstić information content (AvgIpc) is 3.33. The number of rotatable bonds is 8. The van der Waals surface area contributed by atoms with Gasteiger partial charge in [0.2, 0.25) is 0 Å². The highest BCUT2D eigenvalue weighted by atomic mass is 16.5. The number of nitrogens with one attached hydrogen (secondary N) is 1. The zero-order valence-electron chi connectivity index (χ0n) is 14.1. The highest BCUT2D eigenvalue weighted by molar-refractivity contribution is 5.74. The predicted molar refractivity (Wildman–Crippen MR) is 87.6 cm³/mol. The van der Waals surface area contributed by atoms with E-state index in [0.29, 0.717) is 19.6 Å². The summed E-state index contributed by atoms with van der Waals surface area (Å²) in [5, 5.41) is 7.06. The lowest BCUT2D eigenvalue weighted by Crippen LogP contribution is -2.47. The molecule has 2 saturated heterocycles. The molecule has 0 saturated carbocycles. The van der Waals surface area contributed by atoms with Crippen molar-refractivity contribution < 1.29 is 14.3 Å². The monoisotopic (exact) mass is 337 g/mol. The molecule has 8 nitrogen and oxygen atoms in total. The van der Waals surface area contributed by atoms with Crippen LogP contribution in [-0.4, -0.2) is 70.8 Å². The van der Waals surface area contributed by atoms with E-state index in [-0.39, 0.29) is 18.2 Å². The normalized spacial score (nSPS) is 23.5. The number of hydrogen-bond acceptors (Lipinski definition) is 5. The van der Waals surface area contributed by atoms with Gasteiger partial charge in [0.25, 0.3) is 0 Å². The van der Waals surface area contributed by atoms with Crippen molar-refractivity contribution in [2.45, 2.75) is 50.9 Å². The third-order valence-electron chi connectivity index (χ3n) is 4.49. The molecule has 3 rings (SSSR count). The molecule has 2 fully saturated rings. The van der Waals surface area contributed by atoms with E-state index in [1.165, 1.54) is 6.33 Å². The standard InChI is InChI=1S/C16H27N5O3/c22-16(18-6-3-7-21-13-17-12-19-21)20(10-14-4-1-8-23-14)11-15-5-2-9-24-15/h12-15H,1-11H2,(H,18,22)/t14-,15-/m1/s1. The Morgan fingerprint density at radius 1 is 1.21 bits per heavy atom. The Labute approximate surface area is 142 Å². The number of nitrogens with zero attached hydrogens (tertiary/aromatic N) is 4. The molecule has 0 unspecified atom stereocenters. The fourth-order valence-electron chi connectivity index (χ4n) is 3.21. The summed E-state index contributed by atoms with van der Waals surface area (Å²) < 4.78 is 13.1.